The first-order valence-corrected chi connectivity index (χ1v) is 9.03. The van der Waals surface area contributed by atoms with Gasteiger partial charge in [0.25, 0.3) is 5.91 Å². The summed E-state index contributed by atoms with van der Waals surface area (Å²) >= 11 is 0. The molecule has 0 bridgehead atoms. The van der Waals surface area contributed by atoms with E-state index in [0.29, 0.717) is 23.5 Å². The van der Waals surface area contributed by atoms with Crippen LogP contribution in [-0.2, 0) is 17.9 Å². The number of hydrogen-bond donors (Lipinski definition) is 1. The van der Waals surface area contributed by atoms with Crippen molar-refractivity contribution < 1.29 is 14.0 Å². The molecule has 6 heteroatoms. The minimum Gasteiger partial charge on any atom is -0.348 e. The minimum absolute atomic E-state index is 0.232. The molecular formula is C23H20FN3O2. The smallest absolute Gasteiger partial charge is 0.258 e. The van der Waals surface area contributed by atoms with Gasteiger partial charge in [-0.05, 0) is 60.2 Å². The van der Waals surface area contributed by atoms with Crippen molar-refractivity contribution in [2.45, 2.75) is 13.1 Å². The van der Waals surface area contributed by atoms with Gasteiger partial charge in [0.05, 0.1) is 12.2 Å². The van der Waals surface area contributed by atoms with E-state index in [1.165, 1.54) is 18.2 Å². The van der Waals surface area contributed by atoms with Gasteiger partial charge >= 0.3 is 0 Å². The highest BCUT2D eigenvalue weighted by Gasteiger charge is 2.19. The van der Waals surface area contributed by atoms with Crippen molar-refractivity contribution in [3.63, 3.8) is 0 Å². The summed E-state index contributed by atoms with van der Waals surface area (Å²) in [7, 11) is 0. The Labute approximate surface area is 168 Å². The number of hydrogen-bond acceptors (Lipinski definition) is 3. The van der Waals surface area contributed by atoms with Crippen LogP contribution in [0, 0.1) is 5.82 Å². The van der Waals surface area contributed by atoms with Gasteiger partial charge in [-0.15, -0.1) is 0 Å². The Morgan fingerprint density at radius 2 is 1.76 bits per heavy atom. The van der Waals surface area contributed by atoms with Crippen LogP contribution in [0.4, 0.5) is 10.1 Å². The lowest BCUT2D eigenvalue weighted by molar-refractivity contribution is -0.116. The minimum atomic E-state index is -0.370. The van der Waals surface area contributed by atoms with Crippen LogP contribution in [0.1, 0.15) is 21.6 Å². The number of amides is 2. The number of carbonyl (C=O) groups excluding carboxylic acids is 2. The largest absolute Gasteiger partial charge is 0.348 e. The molecule has 1 aromatic heterocycles. The Kier molecular flexibility index (Phi) is 6.47. The van der Waals surface area contributed by atoms with E-state index in [1.54, 1.807) is 53.6 Å². The maximum absolute atomic E-state index is 13.3. The van der Waals surface area contributed by atoms with Gasteiger partial charge in [0.1, 0.15) is 5.82 Å². The van der Waals surface area contributed by atoms with E-state index in [4.69, 9.17) is 0 Å². The molecule has 1 N–H and O–H groups in total. The lowest BCUT2D eigenvalue weighted by Gasteiger charge is -2.23. The number of carbonyl (C=O) groups is 2. The second-order valence-corrected chi connectivity index (χ2v) is 6.31. The third-order valence-electron chi connectivity index (χ3n) is 4.28. The molecule has 0 aliphatic heterocycles. The Hall–Kier alpha value is -3.80. The molecule has 0 spiro atoms. The number of nitrogens with one attached hydrogen (secondary N) is 1. The third-order valence-corrected chi connectivity index (χ3v) is 4.28. The fourth-order valence-corrected chi connectivity index (χ4v) is 2.74. The second kappa shape index (κ2) is 9.41. The predicted octanol–water partition coefficient (Wildman–Crippen LogP) is 3.87. The first-order valence-electron chi connectivity index (χ1n) is 9.03. The summed E-state index contributed by atoms with van der Waals surface area (Å²) < 4.78 is 13.3. The van der Waals surface area contributed by atoms with Crippen LogP contribution in [-0.4, -0.2) is 16.8 Å². The highest BCUT2D eigenvalue weighted by Crippen LogP contribution is 2.20. The Balaban J connectivity index is 1.83. The molecule has 1 heterocycles. The van der Waals surface area contributed by atoms with Crippen molar-refractivity contribution in [1.82, 2.24) is 10.3 Å². The summed E-state index contributed by atoms with van der Waals surface area (Å²) in [5.74, 6) is -0.864. The van der Waals surface area contributed by atoms with Crippen molar-refractivity contribution in [2.24, 2.45) is 0 Å². The van der Waals surface area contributed by atoms with Crippen molar-refractivity contribution in [3.8, 4) is 0 Å². The Bertz CT molecular complexity index is 987. The quantitative estimate of drug-likeness (QED) is 0.624. The Morgan fingerprint density at radius 1 is 1.03 bits per heavy atom. The molecule has 3 rings (SSSR count). The zero-order chi connectivity index (χ0) is 20.6. The zero-order valence-corrected chi connectivity index (χ0v) is 15.7. The summed E-state index contributed by atoms with van der Waals surface area (Å²) in [4.78, 5) is 30.3. The van der Waals surface area contributed by atoms with Gasteiger partial charge in [-0.3, -0.25) is 14.6 Å². The van der Waals surface area contributed by atoms with E-state index in [2.05, 4.69) is 16.9 Å². The molecule has 29 heavy (non-hydrogen) atoms. The average Bonchev–Trinajstić information content (AvgIpc) is 2.77. The first kappa shape index (κ1) is 19.9. The number of aromatic nitrogens is 1. The first-order chi connectivity index (χ1) is 14.1. The molecule has 0 saturated carbocycles. The van der Waals surface area contributed by atoms with Crippen molar-refractivity contribution in [2.75, 3.05) is 4.90 Å². The molecule has 0 fully saturated rings. The van der Waals surface area contributed by atoms with Gasteiger partial charge in [0.15, 0.2) is 0 Å². The topological polar surface area (TPSA) is 62.3 Å². The maximum atomic E-state index is 13.3. The summed E-state index contributed by atoms with van der Waals surface area (Å²) in [6, 6.07) is 18.2. The monoisotopic (exact) mass is 389 g/mol. The molecule has 0 aliphatic carbocycles. The van der Waals surface area contributed by atoms with E-state index >= 15 is 0 Å². The van der Waals surface area contributed by atoms with Crippen molar-refractivity contribution >= 4 is 17.5 Å². The van der Waals surface area contributed by atoms with E-state index < -0.39 is 0 Å². The molecule has 2 amide bonds. The molecule has 0 radical (unpaired) electrons. The van der Waals surface area contributed by atoms with E-state index in [0.717, 1.165) is 5.56 Å². The van der Waals surface area contributed by atoms with E-state index in [-0.39, 0.29) is 24.2 Å². The molecule has 0 unspecified atom stereocenters. The standard InChI is InChI=1S/C23H20FN3O2/c1-2-22(28)26-15-17-6-8-18(9-7-17)23(29)27(16-20-5-3-4-14-25-20)21-12-10-19(24)11-13-21/h2-14H,1,15-16H2,(H,26,28). The van der Waals surface area contributed by atoms with Crippen LogP contribution in [0.15, 0.2) is 85.6 Å². The maximum Gasteiger partial charge on any atom is 0.258 e. The van der Waals surface area contributed by atoms with Crippen LogP contribution >= 0.6 is 0 Å². The van der Waals surface area contributed by atoms with E-state index in [9.17, 15) is 14.0 Å². The summed E-state index contributed by atoms with van der Waals surface area (Å²) in [5.41, 5.74) is 2.62. The second-order valence-electron chi connectivity index (χ2n) is 6.31. The molecule has 3 aromatic rings. The van der Waals surface area contributed by atoms with Crippen LogP contribution in [0.3, 0.4) is 0 Å². The Morgan fingerprint density at radius 3 is 2.38 bits per heavy atom. The van der Waals surface area contributed by atoms with Crippen molar-refractivity contribution in [3.05, 3.63) is 108 Å². The number of anilines is 1. The zero-order valence-electron chi connectivity index (χ0n) is 15.7. The predicted molar refractivity (Wildman–Crippen MR) is 110 cm³/mol. The lowest BCUT2D eigenvalue weighted by Crippen LogP contribution is -2.30. The summed E-state index contributed by atoms with van der Waals surface area (Å²) in [5, 5.41) is 2.69. The molecule has 0 atom stereocenters. The number of rotatable bonds is 7. The highest BCUT2D eigenvalue weighted by molar-refractivity contribution is 6.06. The molecule has 146 valence electrons. The highest BCUT2D eigenvalue weighted by atomic mass is 19.1. The number of benzene rings is 2. The van der Waals surface area contributed by atoms with Gasteiger partial charge in [-0.2, -0.15) is 0 Å². The van der Waals surface area contributed by atoms with Gasteiger partial charge in [-0.1, -0.05) is 24.8 Å². The van der Waals surface area contributed by atoms with E-state index in [1.807, 2.05) is 12.1 Å². The number of halogens is 1. The van der Waals surface area contributed by atoms with Gasteiger partial charge in [0.2, 0.25) is 5.91 Å². The average molecular weight is 389 g/mol. The van der Waals surface area contributed by atoms with Crippen LogP contribution in [0.2, 0.25) is 0 Å². The number of nitrogens with zero attached hydrogens (tertiary/aromatic N) is 2. The SMILES string of the molecule is C=CC(=O)NCc1ccc(C(=O)N(Cc2ccccn2)c2ccc(F)cc2)cc1. The van der Waals surface area contributed by atoms with Crippen LogP contribution in [0.5, 0.6) is 0 Å². The fourth-order valence-electron chi connectivity index (χ4n) is 2.74. The molecule has 0 saturated heterocycles. The normalized spacial score (nSPS) is 10.2. The third kappa shape index (κ3) is 5.35. The summed E-state index contributed by atoms with van der Waals surface area (Å²) in [6.07, 6.45) is 2.87. The lowest BCUT2D eigenvalue weighted by atomic mass is 10.1. The molecular weight excluding hydrogens is 369 g/mol. The fraction of sp³-hybridized carbons (Fsp3) is 0.0870. The summed E-state index contributed by atoms with van der Waals surface area (Å²) in [6.45, 7) is 4.00. The van der Waals surface area contributed by atoms with Crippen LogP contribution in [0.25, 0.3) is 0 Å². The molecule has 5 nitrogen and oxygen atoms in total. The molecule has 2 aromatic carbocycles. The van der Waals surface area contributed by atoms with Crippen LogP contribution < -0.4 is 10.2 Å². The van der Waals surface area contributed by atoms with Crippen molar-refractivity contribution in [1.29, 1.82) is 0 Å². The number of pyridine rings is 1. The van der Waals surface area contributed by atoms with Gasteiger partial charge in [-0.25, -0.2) is 4.39 Å². The van der Waals surface area contributed by atoms with Gasteiger partial charge in [0, 0.05) is 24.0 Å². The molecule has 0 aliphatic rings. The van der Waals surface area contributed by atoms with Gasteiger partial charge < -0.3 is 10.2 Å².